The molecule has 1 aliphatic carbocycles. The van der Waals surface area contributed by atoms with E-state index in [0.29, 0.717) is 24.6 Å². The molecule has 1 fully saturated rings. The summed E-state index contributed by atoms with van der Waals surface area (Å²) in [5.74, 6) is 0.0365. The first kappa shape index (κ1) is 19.5. The molecule has 0 aromatic heterocycles. The number of carbonyl (C=O) groups excluding carboxylic acids is 1. The van der Waals surface area contributed by atoms with Gasteiger partial charge < -0.3 is 28.0 Å². The van der Waals surface area contributed by atoms with E-state index in [9.17, 15) is 9.59 Å². The highest BCUT2D eigenvalue weighted by atomic mass is 35.5. The van der Waals surface area contributed by atoms with Crippen LogP contribution in [-0.4, -0.2) is 23.6 Å². The number of benzene rings is 1. The standard InChI is InChI=1S/C17H23NO4.ClH/c18-11-13-1-6-14(7-2-13)17(21)22-15-8-3-12(4-9-15)5-10-16(19)20;/h3-4,8-9,13-14H,1-2,5-7,10-11,18H2,(H,19,20);1H/p-1. The molecule has 0 amide bonds. The van der Waals surface area contributed by atoms with Crippen molar-refractivity contribution in [2.24, 2.45) is 17.6 Å². The lowest BCUT2D eigenvalue weighted by molar-refractivity contribution is -0.140. The Morgan fingerprint density at radius 1 is 1.13 bits per heavy atom. The third-order valence-electron chi connectivity index (χ3n) is 4.28. The molecular formula is C17H23ClNO4-. The molecule has 0 radical (unpaired) electrons. The Morgan fingerprint density at radius 3 is 2.26 bits per heavy atom. The molecule has 0 bridgehead atoms. The van der Waals surface area contributed by atoms with E-state index >= 15 is 0 Å². The van der Waals surface area contributed by atoms with Gasteiger partial charge in [0.05, 0.1) is 5.92 Å². The van der Waals surface area contributed by atoms with Gasteiger partial charge in [0.25, 0.3) is 0 Å². The molecule has 1 aromatic rings. The van der Waals surface area contributed by atoms with Crippen molar-refractivity contribution in [3.05, 3.63) is 29.8 Å². The zero-order valence-electron chi connectivity index (χ0n) is 13.0. The molecule has 6 heteroatoms. The van der Waals surface area contributed by atoms with Gasteiger partial charge in [-0.2, -0.15) is 0 Å². The van der Waals surface area contributed by atoms with Crippen LogP contribution in [0.15, 0.2) is 24.3 Å². The molecule has 0 heterocycles. The summed E-state index contributed by atoms with van der Waals surface area (Å²) in [6.07, 6.45) is 4.25. The van der Waals surface area contributed by atoms with Crippen LogP contribution in [0.25, 0.3) is 0 Å². The highest BCUT2D eigenvalue weighted by Crippen LogP contribution is 2.29. The van der Waals surface area contributed by atoms with Gasteiger partial charge in [-0.15, -0.1) is 0 Å². The first-order chi connectivity index (χ1) is 10.6. The maximum Gasteiger partial charge on any atom is 0.314 e. The number of esters is 1. The number of ether oxygens (including phenoxy) is 1. The van der Waals surface area contributed by atoms with Crippen LogP contribution in [0, 0.1) is 11.8 Å². The smallest absolute Gasteiger partial charge is 0.314 e. The van der Waals surface area contributed by atoms with Crippen molar-refractivity contribution in [1.82, 2.24) is 0 Å². The van der Waals surface area contributed by atoms with Crippen LogP contribution in [0.2, 0.25) is 0 Å². The van der Waals surface area contributed by atoms with E-state index < -0.39 is 5.97 Å². The fourth-order valence-corrected chi connectivity index (χ4v) is 2.81. The maximum absolute atomic E-state index is 12.1. The Kier molecular flexibility index (Phi) is 8.06. The van der Waals surface area contributed by atoms with E-state index in [1.807, 2.05) is 0 Å². The Morgan fingerprint density at radius 2 is 1.74 bits per heavy atom. The lowest BCUT2D eigenvalue weighted by atomic mass is 9.82. The summed E-state index contributed by atoms with van der Waals surface area (Å²) in [4.78, 5) is 22.7. The van der Waals surface area contributed by atoms with Gasteiger partial charge in [0, 0.05) is 6.42 Å². The fourth-order valence-electron chi connectivity index (χ4n) is 2.81. The predicted molar refractivity (Wildman–Crippen MR) is 82.5 cm³/mol. The number of halogens is 1. The zero-order valence-corrected chi connectivity index (χ0v) is 13.8. The minimum absolute atomic E-state index is 0. The van der Waals surface area contributed by atoms with Crippen molar-refractivity contribution in [3.8, 4) is 5.75 Å². The quantitative estimate of drug-likeness (QED) is 0.532. The normalized spacial score (nSPS) is 20.4. The van der Waals surface area contributed by atoms with E-state index in [4.69, 9.17) is 15.6 Å². The van der Waals surface area contributed by atoms with E-state index in [-0.39, 0.29) is 30.7 Å². The summed E-state index contributed by atoms with van der Waals surface area (Å²) in [6, 6.07) is 7.05. The third-order valence-corrected chi connectivity index (χ3v) is 4.28. The molecule has 0 atom stereocenters. The minimum Gasteiger partial charge on any atom is -1.00 e. The van der Waals surface area contributed by atoms with Gasteiger partial charge in [0.15, 0.2) is 0 Å². The molecule has 23 heavy (non-hydrogen) atoms. The van der Waals surface area contributed by atoms with Crippen LogP contribution in [0.4, 0.5) is 0 Å². The summed E-state index contributed by atoms with van der Waals surface area (Å²) in [7, 11) is 0. The molecule has 3 N–H and O–H groups in total. The number of carboxylic acids is 1. The topological polar surface area (TPSA) is 89.6 Å². The first-order valence-electron chi connectivity index (χ1n) is 7.81. The minimum atomic E-state index is -0.816. The Balaban J connectivity index is 0.00000264. The summed E-state index contributed by atoms with van der Waals surface area (Å²) >= 11 is 0. The van der Waals surface area contributed by atoms with E-state index in [1.54, 1.807) is 24.3 Å². The average molecular weight is 341 g/mol. The predicted octanol–water partition coefficient (Wildman–Crippen LogP) is -0.622. The van der Waals surface area contributed by atoms with Crippen LogP contribution >= 0.6 is 0 Å². The van der Waals surface area contributed by atoms with Crippen molar-refractivity contribution in [2.45, 2.75) is 38.5 Å². The second-order valence-corrected chi connectivity index (χ2v) is 5.91. The molecule has 1 aliphatic rings. The van der Waals surface area contributed by atoms with Crippen LogP contribution in [0.5, 0.6) is 5.75 Å². The summed E-state index contributed by atoms with van der Waals surface area (Å²) < 4.78 is 5.42. The van der Waals surface area contributed by atoms with Crippen molar-refractivity contribution in [2.75, 3.05) is 6.54 Å². The van der Waals surface area contributed by atoms with Crippen molar-refractivity contribution < 1.29 is 31.8 Å². The zero-order chi connectivity index (χ0) is 15.9. The molecule has 0 saturated heterocycles. The molecule has 1 aromatic carbocycles. The highest BCUT2D eigenvalue weighted by Gasteiger charge is 2.27. The van der Waals surface area contributed by atoms with Crippen LogP contribution < -0.4 is 22.9 Å². The van der Waals surface area contributed by atoms with Gasteiger partial charge in [-0.05, 0) is 62.3 Å². The fraction of sp³-hybridized carbons (Fsp3) is 0.529. The number of hydrogen-bond acceptors (Lipinski definition) is 4. The number of carboxylic acid groups (broad SMARTS) is 1. The van der Waals surface area contributed by atoms with Gasteiger partial charge in [0.1, 0.15) is 5.75 Å². The monoisotopic (exact) mass is 340 g/mol. The Labute approximate surface area is 142 Å². The van der Waals surface area contributed by atoms with Gasteiger partial charge in [-0.25, -0.2) is 0 Å². The Hall–Kier alpha value is -1.59. The number of aliphatic carboxylic acids is 1. The molecular weight excluding hydrogens is 318 g/mol. The second kappa shape index (κ2) is 9.53. The lowest BCUT2D eigenvalue weighted by Crippen LogP contribution is -3.00. The van der Waals surface area contributed by atoms with Crippen LogP contribution in [-0.2, 0) is 16.0 Å². The summed E-state index contributed by atoms with van der Waals surface area (Å²) in [5.41, 5.74) is 6.57. The summed E-state index contributed by atoms with van der Waals surface area (Å²) in [6.45, 7) is 0.694. The second-order valence-electron chi connectivity index (χ2n) is 5.91. The van der Waals surface area contributed by atoms with E-state index in [2.05, 4.69) is 0 Å². The number of hydrogen-bond donors (Lipinski definition) is 2. The molecule has 0 spiro atoms. The highest BCUT2D eigenvalue weighted by molar-refractivity contribution is 5.75. The SMILES string of the molecule is NCC1CCC(C(=O)Oc2ccc(CCC(=O)O)cc2)CC1.[Cl-]. The largest absolute Gasteiger partial charge is 1.00 e. The average Bonchev–Trinajstić information content (AvgIpc) is 2.54. The number of nitrogens with two attached hydrogens (primary N) is 1. The van der Waals surface area contributed by atoms with Crippen molar-refractivity contribution >= 4 is 11.9 Å². The molecule has 0 aliphatic heterocycles. The molecule has 128 valence electrons. The van der Waals surface area contributed by atoms with Gasteiger partial charge >= 0.3 is 11.9 Å². The third kappa shape index (κ3) is 6.20. The van der Waals surface area contributed by atoms with Gasteiger partial charge in [0.2, 0.25) is 0 Å². The van der Waals surface area contributed by atoms with E-state index in [0.717, 1.165) is 31.2 Å². The number of rotatable bonds is 6. The molecule has 1 saturated carbocycles. The van der Waals surface area contributed by atoms with Gasteiger partial charge in [-0.1, -0.05) is 12.1 Å². The van der Waals surface area contributed by atoms with Gasteiger partial charge in [-0.3, -0.25) is 9.59 Å². The van der Waals surface area contributed by atoms with Crippen LogP contribution in [0.1, 0.15) is 37.7 Å². The van der Waals surface area contributed by atoms with Crippen molar-refractivity contribution in [3.63, 3.8) is 0 Å². The summed E-state index contributed by atoms with van der Waals surface area (Å²) in [5, 5.41) is 8.65. The first-order valence-corrected chi connectivity index (χ1v) is 7.81. The molecule has 5 nitrogen and oxygen atoms in total. The van der Waals surface area contributed by atoms with Crippen LogP contribution in [0.3, 0.4) is 0 Å². The molecule has 2 rings (SSSR count). The van der Waals surface area contributed by atoms with E-state index in [1.165, 1.54) is 0 Å². The Bertz CT molecular complexity index is 510. The number of carbonyl (C=O) groups is 2. The molecule has 0 unspecified atom stereocenters. The van der Waals surface area contributed by atoms with Crippen molar-refractivity contribution in [1.29, 1.82) is 0 Å². The number of aryl methyl sites for hydroxylation is 1. The maximum atomic E-state index is 12.1. The lowest BCUT2D eigenvalue weighted by Gasteiger charge is -2.26.